The van der Waals surface area contributed by atoms with Crippen LogP contribution in [0.5, 0.6) is 0 Å². The Hall–Kier alpha value is -3.26. The van der Waals surface area contributed by atoms with Gasteiger partial charge < -0.3 is 11.5 Å². The van der Waals surface area contributed by atoms with Gasteiger partial charge in [-0.05, 0) is 81.4 Å². The van der Waals surface area contributed by atoms with Crippen molar-refractivity contribution in [3.8, 4) is 11.1 Å². The highest BCUT2D eigenvalue weighted by atomic mass is 14.6. The fourth-order valence-corrected chi connectivity index (χ4v) is 3.12. The van der Waals surface area contributed by atoms with E-state index >= 15 is 0 Å². The summed E-state index contributed by atoms with van der Waals surface area (Å²) in [6.45, 7) is 23.9. The Morgan fingerprint density at radius 2 is 1.59 bits per heavy atom. The number of allylic oxidation sites excluding steroid dienone is 6. The highest BCUT2D eigenvalue weighted by Crippen LogP contribution is 2.30. The van der Waals surface area contributed by atoms with Crippen molar-refractivity contribution >= 4 is 11.3 Å². The lowest BCUT2D eigenvalue weighted by molar-refractivity contribution is 0.950. The molecule has 0 amide bonds. The number of hydrogen-bond acceptors (Lipinski definition) is 2. The Morgan fingerprint density at radius 1 is 0.969 bits per heavy atom. The lowest BCUT2D eigenvalue weighted by atomic mass is 9.95. The minimum absolute atomic E-state index is 0.816. The van der Waals surface area contributed by atoms with Crippen LogP contribution in [0.25, 0.3) is 16.7 Å². The third-order valence-corrected chi connectivity index (χ3v) is 4.92. The van der Waals surface area contributed by atoms with Gasteiger partial charge in [-0.15, -0.1) is 19.7 Å². The van der Waals surface area contributed by atoms with Gasteiger partial charge in [-0.2, -0.15) is 0 Å². The van der Waals surface area contributed by atoms with E-state index in [0.29, 0.717) is 0 Å². The molecule has 0 bridgehead atoms. The Morgan fingerprint density at radius 3 is 2.09 bits per heavy atom. The molecule has 0 heterocycles. The quantitative estimate of drug-likeness (QED) is 0.263. The first-order chi connectivity index (χ1) is 15.2. The molecule has 2 aromatic rings. The van der Waals surface area contributed by atoms with Gasteiger partial charge >= 0.3 is 0 Å². The zero-order valence-electron chi connectivity index (χ0n) is 20.8. The minimum atomic E-state index is 0.816. The predicted octanol–water partition coefficient (Wildman–Crippen LogP) is 8.49. The van der Waals surface area contributed by atoms with Gasteiger partial charge in [0, 0.05) is 16.9 Å². The molecule has 0 aromatic heterocycles. The fraction of sp³-hybridized carbons (Fsp3) is 0.267. The van der Waals surface area contributed by atoms with Crippen molar-refractivity contribution in [1.82, 2.24) is 0 Å². The molecule has 0 saturated heterocycles. The summed E-state index contributed by atoms with van der Waals surface area (Å²) >= 11 is 0. The molecule has 2 rings (SSSR count). The first-order valence-electron chi connectivity index (χ1n) is 11.1. The lowest BCUT2D eigenvalue weighted by Crippen LogP contribution is -1.94. The number of benzene rings is 2. The number of nitrogens with two attached hydrogens (primary N) is 2. The number of aryl methyl sites for hydroxylation is 1. The molecular weight excluding hydrogens is 388 g/mol. The van der Waals surface area contributed by atoms with Crippen LogP contribution in [0.4, 0.5) is 5.69 Å². The zero-order valence-corrected chi connectivity index (χ0v) is 20.8. The standard InChI is InChI=1S/C18H21N.C10H17N.C2H4/c1-4-13(3)16-11-10-15(12-18(16)19)17-9-7-6-8-14(17)5-2;1-8(2)5-6-9(3)7-10(4)11;1-2/h4,6-12H,5,19H2,1-3H3;7H,1,3,5-6,11H2,2,4H3;1-2H2/b13-4+;10-7-;. The number of rotatable bonds is 7. The second kappa shape index (κ2) is 15.5. The summed E-state index contributed by atoms with van der Waals surface area (Å²) < 4.78 is 0. The molecule has 0 atom stereocenters. The number of anilines is 1. The number of nitrogen functional groups attached to an aromatic ring is 1. The van der Waals surface area contributed by atoms with E-state index in [1.165, 1.54) is 27.8 Å². The minimum Gasteiger partial charge on any atom is -0.402 e. The summed E-state index contributed by atoms with van der Waals surface area (Å²) in [5.41, 5.74) is 21.8. The van der Waals surface area contributed by atoms with E-state index in [1.807, 2.05) is 26.8 Å². The Kier molecular flexibility index (Phi) is 13.9. The smallest absolute Gasteiger partial charge is 0.0396 e. The Labute approximate surface area is 196 Å². The van der Waals surface area contributed by atoms with Gasteiger partial charge in [0.25, 0.3) is 0 Å². The van der Waals surface area contributed by atoms with E-state index in [9.17, 15) is 0 Å². The van der Waals surface area contributed by atoms with Crippen molar-refractivity contribution in [3.05, 3.63) is 109 Å². The molecule has 0 fully saturated rings. The van der Waals surface area contributed by atoms with Gasteiger partial charge in [-0.1, -0.05) is 67.1 Å². The van der Waals surface area contributed by atoms with Gasteiger partial charge in [-0.25, -0.2) is 0 Å². The first-order valence-corrected chi connectivity index (χ1v) is 11.1. The highest BCUT2D eigenvalue weighted by molar-refractivity contribution is 5.79. The van der Waals surface area contributed by atoms with Crippen molar-refractivity contribution in [2.24, 2.45) is 5.73 Å². The molecule has 0 saturated carbocycles. The Balaban J connectivity index is 0.000000635. The van der Waals surface area contributed by atoms with Crippen molar-refractivity contribution in [1.29, 1.82) is 0 Å². The summed E-state index contributed by atoms with van der Waals surface area (Å²) in [6.07, 6.45) is 6.99. The molecule has 0 aliphatic heterocycles. The topological polar surface area (TPSA) is 52.0 Å². The van der Waals surface area contributed by atoms with Crippen molar-refractivity contribution in [3.63, 3.8) is 0 Å². The molecule has 4 N–H and O–H groups in total. The van der Waals surface area contributed by atoms with Crippen LogP contribution in [0.2, 0.25) is 0 Å². The SMILES string of the molecule is C/C=C(\C)c1ccc(-c2ccccc2CC)cc1N.C=C.C=C(C)CCC(=C)/C=C(/C)N. The van der Waals surface area contributed by atoms with E-state index in [4.69, 9.17) is 11.5 Å². The van der Waals surface area contributed by atoms with E-state index in [1.54, 1.807) is 0 Å². The van der Waals surface area contributed by atoms with Gasteiger partial charge in [-0.3, -0.25) is 0 Å². The largest absolute Gasteiger partial charge is 0.402 e. The molecular formula is C30H42N2. The van der Waals surface area contributed by atoms with Crippen LogP contribution in [0, 0.1) is 0 Å². The van der Waals surface area contributed by atoms with Gasteiger partial charge in [0.05, 0.1) is 0 Å². The molecule has 2 aromatic carbocycles. The summed E-state index contributed by atoms with van der Waals surface area (Å²) in [5, 5.41) is 0. The molecule has 32 heavy (non-hydrogen) atoms. The van der Waals surface area contributed by atoms with Crippen LogP contribution in [-0.2, 0) is 6.42 Å². The average Bonchev–Trinajstić information content (AvgIpc) is 2.78. The summed E-state index contributed by atoms with van der Waals surface area (Å²) in [6, 6.07) is 14.9. The normalized spacial score (nSPS) is 10.9. The third kappa shape index (κ3) is 10.2. The predicted molar refractivity (Wildman–Crippen MR) is 147 cm³/mol. The average molecular weight is 431 g/mol. The molecule has 2 nitrogen and oxygen atoms in total. The zero-order chi connectivity index (χ0) is 24.7. The maximum absolute atomic E-state index is 6.19. The summed E-state index contributed by atoms with van der Waals surface area (Å²) in [4.78, 5) is 0. The summed E-state index contributed by atoms with van der Waals surface area (Å²) in [5.74, 6) is 0. The maximum Gasteiger partial charge on any atom is 0.0396 e. The van der Waals surface area contributed by atoms with E-state index in [2.05, 4.69) is 88.7 Å². The van der Waals surface area contributed by atoms with Crippen molar-refractivity contribution in [2.45, 2.75) is 53.9 Å². The molecule has 0 aliphatic rings. The lowest BCUT2D eigenvalue weighted by Gasteiger charge is -2.11. The second-order valence-corrected chi connectivity index (χ2v) is 7.79. The van der Waals surface area contributed by atoms with Crippen LogP contribution in [0.15, 0.2) is 97.8 Å². The van der Waals surface area contributed by atoms with E-state index < -0.39 is 0 Å². The highest BCUT2D eigenvalue weighted by Gasteiger charge is 2.06. The molecule has 2 heteroatoms. The van der Waals surface area contributed by atoms with Crippen LogP contribution >= 0.6 is 0 Å². The van der Waals surface area contributed by atoms with Crippen LogP contribution in [0.3, 0.4) is 0 Å². The van der Waals surface area contributed by atoms with E-state index in [-0.39, 0.29) is 0 Å². The molecule has 172 valence electrons. The van der Waals surface area contributed by atoms with Crippen molar-refractivity contribution < 1.29 is 0 Å². The van der Waals surface area contributed by atoms with Crippen molar-refractivity contribution in [2.75, 3.05) is 5.73 Å². The molecule has 0 spiro atoms. The fourth-order valence-electron chi connectivity index (χ4n) is 3.12. The first kappa shape index (κ1) is 28.7. The Bertz CT molecular complexity index is 941. The van der Waals surface area contributed by atoms with Gasteiger partial charge in [0.15, 0.2) is 0 Å². The molecule has 0 unspecified atom stereocenters. The monoisotopic (exact) mass is 430 g/mol. The summed E-state index contributed by atoms with van der Waals surface area (Å²) in [7, 11) is 0. The van der Waals surface area contributed by atoms with Crippen LogP contribution in [-0.4, -0.2) is 0 Å². The molecule has 0 radical (unpaired) electrons. The second-order valence-electron chi connectivity index (χ2n) is 7.79. The van der Waals surface area contributed by atoms with E-state index in [0.717, 1.165) is 41.8 Å². The molecule has 0 aliphatic carbocycles. The van der Waals surface area contributed by atoms with Crippen LogP contribution in [0.1, 0.15) is 58.6 Å². The van der Waals surface area contributed by atoms with Gasteiger partial charge in [0.1, 0.15) is 0 Å². The number of hydrogen-bond donors (Lipinski definition) is 2. The van der Waals surface area contributed by atoms with Gasteiger partial charge in [0.2, 0.25) is 0 Å². The van der Waals surface area contributed by atoms with Crippen LogP contribution < -0.4 is 11.5 Å². The maximum atomic E-state index is 6.19. The third-order valence-electron chi connectivity index (χ3n) is 4.92.